The van der Waals surface area contributed by atoms with Gasteiger partial charge >= 0.3 is 0 Å². The molecule has 0 saturated carbocycles. The number of piperidine rings is 1. The summed E-state index contributed by atoms with van der Waals surface area (Å²) in [6.07, 6.45) is 0.916. The van der Waals surface area contributed by atoms with Gasteiger partial charge in [0.05, 0.1) is 0 Å². The smallest absolute Gasteiger partial charge is 0.126 e. The zero-order chi connectivity index (χ0) is 9.97. The van der Waals surface area contributed by atoms with Crippen molar-refractivity contribution in [2.45, 2.75) is 18.4 Å². The minimum atomic E-state index is -0.142. The van der Waals surface area contributed by atoms with Gasteiger partial charge in [0.1, 0.15) is 5.82 Å². The fourth-order valence-corrected chi connectivity index (χ4v) is 2.00. The Morgan fingerprint density at radius 3 is 2.86 bits per heavy atom. The van der Waals surface area contributed by atoms with Crippen molar-refractivity contribution in [2.24, 2.45) is 5.73 Å². The Bertz CT molecular complexity index is 314. The minimum Gasteiger partial charge on any atom is -0.327 e. The van der Waals surface area contributed by atoms with Gasteiger partial charge in [0.25, 0.3) is 0 Å². The Morgan fingerprint density at radius 2 is 2.14 bits per heavy atom. The topological polar surface area (TPSA) is 38.0 Å². The second-order valence-electron chi connectivity index (χ2n) is 3.78. The third-order valence-electron chi connectivity index (χ3n) is 2.84. The van der Waals surface area contributed by atoms with Gasteiger partial charge in [-0.2, -0.15) is 0 Å². The standard InChI is InChI=1S/C11H15FN2/c12-10-4-2-1-3-8(10)9-7-14-6-5-11(9)13/h1-4,9,11,14H,5-7,13H2. The molecule has 3 N–H and O–H groups in total. The van der Waals surface area contributed by atoms with Gasteiger partial charge in [-0.3, -0.25) is 0 Å². The zero-order valence-electron chi connectivity index (χ0n) is 8.04. The molecular weight excluding hydrogens is 179 g/mol. The fourth-order valence-electron chi connectivity index (χ4n) is 2.00. The molecule has 0 amide bonds. The molecule has 1 aromatic rings. The van der Waals surface area contributed by atoms with E-state index in [0.717, 1.165) is 25.1 Å². The molecule has 2 rings (SSSR count). The maximum atomic E-state index is 13.5. The van der Waals surface area contributed by atoms with Gasteiger partial charge in [0.2, 0.25) is 0 Å². The Labute approximate surface area is 83.3 Å². The summed E-state index contributed by atoms with van der Waals surface area (Å²) in [5, 5.41) is 3.24. The van der Waals surface area contributed by atoms with E-state index in [2.05, 4.69) is 5.32 Å². The summed E-state index contributed by atoms with van der Waals surface area (Å²) in [5.74, 6) is -0.0263. The fraction of sp³-hybridized carbons (Fsp3) is 0.455. The quantitative estimate of drug-likeness (QED) is 0.705. The molecule has 1 aliphatic rings. The summed E-state index contributed by atoms with van der Waals surface area (Å²) in [5.41, 5.74) is 6.72. The molecule has 0 radical (unpaired) electrons. The van der Waals surface area contributed by atoms with Crippen LogP contribution in [0.25, 0.3) is 0 Å². The Balaban J connectivity index is 2.25. The molecule has 1 fully saturated rings. The molecule has 0 bridgehead atoms. The van der Waals surface area contributed by atoms with E-state index in [9.17, 15) is 4.39 Å². The summed E-state index contributed by atoms with van der Waals surface area (Å²) in [6, 6.07) is 6.97. The molecule has 76 valence electrons. The lowest BCUT2D eigenvalue weighted by atomic mass is 9.87. The number of nitrogens with one attached hydrogen (secondary N) is 1. The molecule has 0 spiro atoms. The molecule has 14 heavy (non-hydrogen) atoms. The largest absolute Gasteiger partial charge is 0.327 e. The first-order valence-electron chi connectivity index (χ1n) is 5.00. The van der Waals surface area contributed by atoms with Crippen LogP contribution < -0.4 is 11.1 Å². The molecule has 2 atom stereocenters. The molecule has 2 unspecified atom stereocenters. The van der Waals surface area contributed by atoms with Crippen molar-refractivity contribution < 1.29 is 4.39 Å². The third-order valence-corrected chi connectivity index (χ3v) is 2.84. The van der Waals surface area contributed by atoms with Gasteiger partial charge in [0, 0.05) is 18.5 Å². The SMILES string of the molecule is NC1CCNCC1c1ccccc1F. The highest BCUT2D eigenvalue weighted by Crippen LogP contribution is 2.24. The van der Waals surface area contributed by atoms with Crippen LogP contribution in [0.4, 0.5) is 4.39 Å². The predicted octanol–water partition coefficient (Wildman–Crippen LogP) is 1.23. The number of benzene rings is 1. The second kappa shape index (κ2) is 4.07. The normalized spacial score (nSPS) is 27.6. The van der Waals surface area contributed by atoms with Crippen LogP contribution in [-0.2, 0) is 0 Å². The van der Waals surface area contributed by atoms with E-state index in [1.165, 1.54) is 6.07 Å². The monoisotopic (exact) mass is 194 g/mol. The first kappa shape index (κ1) is 9.62. The first-order chi connectivity index (χ1) is 6.79. The van der Waals surface area contributed by atoms with E-state index in [0.29, 0.717) is 0 Å². The van der Waals surface area contributed by atoms with Crippen LogP contribution >= 0.6 is 0 Å². The summed E-state index contributed by atoms with van der Waals surface area (Å²) in [6.45, 7) is 1.72. The summed E-state index contributed by atoms with van der Waals surface area (Å²) >= 11 is 0. The number of hydrogen-bond donors (Lipinski definition) is 2. The van der Waals surface area contributed by atoms with Crippen molar-refractivity contribution in [3.63, 3.8) is 0 Å². The molecule has 1 saturated heterocycles. The number of nitrogens with two attached hydrogens (primary N) is 1. The van der Waals surface area contributed by atoms with E-state index in [1.54, 1.807) is 6.07 Å². The van der Waals surface area contributed by atoms with Gasteiger partial charge in [-0.15, -0.1) is 0 Å². The number of halogens is 1. The average Bonchev–Trinajstić information content (AvgIpc) is 2.20. The van der Waals surface area contributed by atoms with Crippen LogP contribution in [-0.4, -0.2) is 19.1 Å². The summed E-state index contributed by atoms with van der Waals surface area (Å²) in [7, 11) is 0. The predicted molar refractivity (Wildman–Crippen MR) is 54.6 cm³/mol. The van der Waals surface area contributed by atoms with Gasteiger partial charge in [-0.05, 0) is 24.6 Å². The van der Waals surface area contributed by atoms with Crippen LogP contribution in [0.15, 0.2) is 24.3 Å². The van der Waals surface area contributed by atoms with Crippen LogP contribution in [0.5, 0.6) is 0 Å². The zero-order valence-corrected chi connectivity index (χ0v) is 8.04. The molecule has 0 aromatic heterocycles. The summed E-state index contributed by atoms with van der Waals surface area (Å²) < 4.78 is 13.5. The molecule has 1 aromatic carbocycles. The molecule has 2 nitrogen and oxygen atoms in total. The lowest BCUT2D eigenvalue weighted by molar-refractivity contribution is 0.393. The Morgan fingerprint density at radius 1 is 1.36 bits per heavy atom. The highest BCUT2D eigenvalue weighted by atomic mass is 19.1. The third kappa shape index (κ3) is 1.79. The molecule has 1 aliphatic heterocycles. The minimum absolute atomic E-state index is 0.0770. The lowest BCUT2D eigenvalue weighted by Crippen LogP contribution is -2.43. The van der Waals surface area contributed by atoms with Gasteiger partial charge in [0.15, 0.2) is 0 Å². The Hall–Kier alpha value is -0.930. The van der Waals surface area contributed by atoms with Crippen LogP contribution in [0.1, 0.15) is 17.9 Å². The van der Waals surface area contributed by atoms with Crippen molar-refractivity contribution in [3.8, 4) is 0 Å². The van der Waals surface area contributed by atoms with E-state index in [-0.39, 0.29) is 17.8 Å². The number of hydrogen-bond acceptors (Lipinski definition) is 2. The van der Waals surface area contributed by atoms with Gasteiger partial charge in [-0.1, -0.05) is 18.2 Å². The maximum Gasteiger partial charge on any atom is 0.126 e. The summed E-state index contributed by atoms with van der Waals surface area (Å²) in [4.78, 5) is 0. The van der Waals surface area contributed by atoms with Crippen molar-refractivity contribution >= 4 is 0 Å². The second-order valence-corrected chi connectivity index (χ2v) is 3.78. The van der Waals surface area contributed by atoms with E-state index in [1.807, 2.05) is 12.1 Å². The van der Waals surface area contributed by atoms with Crippen molar-refractivity contribution in [3.05, 3.63) is 35.6 Å². The molecule has 0 aliphatic carbocycles. The van der Waals surface area contributed by atoms with E-state index in [4.69, 9.17) is 5.73 Å². The first-order valence-corrected chi connectivity index (χ1v) is 5.00. The molecular formula is C11H15FN2. The average molecular weight is 194 g/mol. The van der Waals surface area contributed by atoms with Crippen molar-refractivity contribution in [2.75, 3.05) is 13.1 Å². The van der Waals surface area contributed by atoms with Crippen LogP contribution in [0, 0.1) is 5.82 Å². The maximum absolute atomic E-state index is 13.5. The lowest BCUT2D eigenvalue weighted by Gasteiger charge is -2.29. The molecule has 1 heterocycles. The molecule has 3 heteroatoms. The highest BCUT2D eigenvalue weighted by molar-refractivity contribution is 5.24. The Kier molecular flexibility index (Phi) is 2.79. The van der Waals surface area contributed by atoms with E-state index < -0.39 is 0 Å². The van der Waals surface area contributed by atoms with Crippen LogP contribution in [0.2, 0.25) is 0 Å². The van der Waals surface area contributed by atoms with Crippen molar-refractivity contribution in [1.82, 2.24) is 5.32 Å². The van der Waals surface area contributed by atoms with Crippen molar-refractivity contribution in [1.29, 1.82) is 0 Å². The van der Waals surface area contributed by atoms with Gasteiger partial charge < -0.3 is 11.1 Å². The van der Waals surface area contributed by atoms with Gasteiger partial charge in [-0.25, -0.2) is 4.39 Å². The van der Waals surface area contributed by atoms with E-state index >= 15 is 0 Å². The van der Waals surface area contributed by atoms with Crippen LogP contribution in [0.3, 0.4) is 0 Å². The number of rotatable bonds is 1. The highest BCUT2D eigenvalue weighted by Gasteiger charge is 2.24.